The number of amides is 1. The zero-order valence-corrected chi connectivity index (χ0v) is 12.7. The summed E-state index contributed by atoms with van der Waals surface area (Å²) in [6.07, 6.45) is 0.694. The van der Waals surface area contributed by atoms with Crippen LogP contribution in [0.1, 0.15) is 34.1 Å². The second-order valence-electron chi connectivity index (χ2n) is 4.89. The topological polar surface area (TPSA) is 55.4 Å². The monoisotopic (exact) mass is 337 g/mol. The third-order valence-corrected chi connectivity index (χ3v) is 3.10. The van der Waals surface area contributed by atoms with Gasteiger partial charge in [-0.15, -0.1) is 0 Å². The minimum atomic E-state index is -1.71. The van der Waals surface area contributed by atoms with Gasteiger partial charge in [0.15, 0.2) is 17.5 Å². The van der Waals surface area contributed by atoms with Crippen molar-refractivity contribution in [3.8, 4) is 0 Å². The van der Waals surface area contributed by atoms with Crippen LogP contribution in [0.15, 0.2) is 36.4 Å². The molecule has 4 nitrogen and oxygen atoms in total. The van der Waals surface area contributed by atoms with Crippen LogP contribution in [0.4, 0.5) is 18.9 Å². The summed E-state index contributed by atoms with van der Waals surface area (Å²) in [6.45, 7) is 2.16. The maximum atomic E-state index is 13.6. The maximum absolute atomic E-state index is 13.6. The quantitative estimate of drug-likeness (QED) is 0.664. The Labute approximate surface area is 136 Å². The van der Waals surface area contributed by atoms with Gasteiger partial charge in [0.2, 0.25) is 0 Å². The van der Waals surface area contributed by atoms with Crippen molar-refractivity contribution >= 4 is 17.6 Å². The standard InChI is InChI=1S/C17H14F3NO3/c1-2-9-24-17(23)10-3-5-11(6-4-10)21-16(22)12-7-8-13(18)15(20)14(12)19/h3-8H,2,9H2,1H3,(H,21,22). The summed E-state index contributed by atoms with van der Waals surface area (Å²) < 4.78 is 44.5. The predicted molar refractivity (Wildman–Crippen MR) is 81.3 cm³/mol. The number of hydrogen-bond acceptors (Lipinski definition) is 3. The molecule has 0 saturated carbocycles. The van der Waals surface area contributed by atoms with Crippen molar-refractivity contribution in [1.82, 2.24) is 0 Å². The van der Waals surface area contributed by atoms with Gasteiger partial charge in [-0.05, 0) is 42.8 Å². The third kappa shape index (κ3) is 3.92. The lowest BCUT2D eigenvalue weighted by Gasteiger charge is -2.08. The fourth-order valence-electron chi connectivity index (χ4n) is 1.87. The molecule has 0 atom stereocenters. The lowest BCUT2D eigenvalue weighted by molar-refractivity contribution is 0.0505. The van der Waals surface area contributed by atoms with Crippen LogP contribution in [0.2, 0.25) is 0 Å². The van der Waals surface area contributed by atoms with Gasteiger partial charge < -0.3 is 10.1 Å². The molecule has 2 aromatic carbocycles. The first-order valence-electron chi connectivity index (χ1n) is 7.16. The second kappa shape index (κ2) is 7.63. The summed E-state index contributed by atoms with van der Waals surface area (Å²) >= 11 is 0. The number of esters is 1. The van der Waals surface area contributed by atoms with Gasteiger partial charge in [-0.1, -0.05) is 6.92 Å². The van der Waals surface area contributed by atoms with Crippen LogP contribution < -0.4 is 5.32 Å². The van der Waals surface area contributed by atoms with Gasteiger partial charge in [0.25, 0.3) is 5.91 Å². The number of rotatable bonds is 5. The molecule has 1 N–H and O–H groups in total. The number of carbonyl (C=O) groups excluding carboxylic acids is 2. The van der Waals surface area contributed by atoms with Gasteiger partial charge in [0.1, 0.15) is 0 Å². The van der Waals surface area contributed by atoms with Crippen LogP contribution in [0.3, 0.4) is 0 Å². The molecule has 7 heteroatoms. The molecule has 126 valence electrons. The Bertz CT molecular complexity index is 760. The van der Waals surface area contributed by atoms with Crippen LogP contribution in [0, 0.1) is 17.5 Å². The number of hydrogen-bond donors (Lipinski definition) is 1. The molecule has 0 heterocycles. The molecule has 2 aromatic rings. The molecule has 0 saturated heterocycles. The summed E-state index contributed by atoms with van der Waals surface area (Å²) in [5.74, 6) is -6.09. The minimum absolute atomic E-state index is 0.260. The van der Waals surface area contributed by atoms with E-state index in [1.54, 1.807) is 0 Å². The zero-order valence-electron chi connectivity index (χ0n) is 12.7. The summed E-state index contributed by atoms with van der Waals surface area (Å²) in [5, 5.41) is 2.33. The molecule has 0 aliphatic carbocycles. The van der Waals surface area contributed by atoms with Crippen LogP contribution in [0.5, 0.6) is 0 Å². The molecule has 0 aliphatic heterocycles. The molecule has 0 fully saturated rings. The number of ether oxygens (including phenoxy) is 1. The Balaban J connectivity index is 2.10. The van der Waals surface area contributed by atoms with Crippen molar-refractivity contribution in [3.63, 3.8) is 0 Å². The van der Waals surface area contributed by atoms with E-state index in [0.717, 1.165) is 6.07 Å². The molecule has 24 heavy (non-hydrogen) atoms. The normalized spacial score (nSPS) is 10.3. The van der Waals surface area contributed by atoms with Gasteiger partial charge in [0, 0.05) is 5.69 Å². The van der Waals surface area contributed by atoms with Gasteiger partial charge in [-0.3, -0.25) is 4.79 Å². The predicted octanol–water partition coefficient (Wildman–Crippen LogP) is 3.92. The molecule has 0 unspecified atom stereocenters. The number of carbonyl (C=O) groups is 2. The summed E-state index contributed by atoms with van der Waals surface area (Å²) in [6, 6.07) is 7.20. The van der Waals surface area contributed by atoms with E-state index in [2.05, 4.69) is 5.32 Å². The van der Waals surface area contributed by atoms with E-state index in [-0.39, 0.29) is 5.69 Å². The summed E-state index contributed by atoms with van der Waals surface area (Å²) in [4.78, 5) is 23.6. The Hall–Kier alpha value is -2.83. The Kier molecular flexibility index (Phi) is 5.57. The molecule has 0 aromatic heterocycles. The van der Waals surface area contributed by atoms with E-state index in [4.69, 9.17) is 4.74 Å². The van der Waals surface area contributed by atoms with Crippen LogP contribution in [0.25, 0.3) is 0 Å². The van der Waals surface area contributed by atoms with Crippen molar-refractivity contribution < 1.29 is 27.5 Å². The molecule has 0 radical (unpaired) electrons. The van der Waals surface area contributed by atoms with Crippen LogP contribution in [-0.4, -0.2) is 18.5 Å². The molecular formula is C17H14F3NO3. The highest BCUT2D eigenvalue weighted by atomic mass is 19.2. The molecule has 1 amide bonds. The first-order valence-corrected chi connectivity index (χ1v) is 7.16. The van der Waals surface area contributed by atoms with E-state index in [1.807, 2.05) is 6.92 Å². The lowest BCUT2D eigenvalue weighted by Crippen LogP contribution is -2.15. The van der Waals surface area contributed by atoms with Gasteiger partial charge >= 0.3 is 5.97 Å². The van der Waals surface area contributed by atoms with Gasteiger partial charge in [-0.2, -0.15) is 0 Å². The van der Waals surface area contributed by atoms with Crippen LogP contribution >= 0.6 is 0 Å². The highest BCUT2D eigenvalue weighted by Gasteiger charge is 2.19. The van der Waals surface area contributed by atoms with Crippen molar-refractivity contribution in [2.45, 2.75) is 13.3 Å². The molecule has 0 bridgehead atoms. The maximum Gasteiger partial charge on any atom is 0.338 e. The Morgan fingerprint density at radius 1 is 1.00 bits per heavy atom. The van der Waals surface area contributed by atoms with Crippen molar-refractivity contribution in [3.05, 3.63) is 65.0 Å². The third-order valence-electron chi connectivity index (χ3n) is 3.10. The second-order valence-corrected chi connectivity index (χ2v) is 4.89. The highest BCUT2D eigenvalue weighted by Crippen LogP contribution is 2.17. The first-order chi connectivity index (χ1) is 11.4. The smallest absolute Gasteiger partial charge is 0.338 e. The molecular weight excluding hydrogens is 323 g/mol. The fraction of sp³-hybridized carbons (Fsp3) is 0.176. The number of nitrogens with one attached hydrogen (secondary N) is 1. The number of anilines is 1. The molecule has 2 rings (SSSR count). The van der Waals surface area contributed by atoms with Gasteiger partial charge in [-0.25, -0.2) is 18.0 Å². The lowest BCUT2D eigenvalue weighted by atomic mass is 10.1. The highest BCUT2D eigenvalue weighted by molar-refractivity contribution is 6.04. The summed E-state index contributed by atoms with van der Waals surface area (Å²) in [5.41, 5.74) is -0.0723. The number of halogens is 3. The first kappa shape index (κ1) is 17.5. The zero-order chi connectivity index (χ0) is 17.7. The van der Waals surface area contributed by atoms with E-state index >= 15 is 0 Å². The minimum Gasteiger partial charge on any atom is -0.462 e. The van der Waals surface area contributed by atoms with E-state index < -0.39 is 34.9 Å². The molecule has 0 spiro atoms. The summed E-state index contributed by atoms with van der Waals surface area (Å²) in [7, 11) is 0. The van der Waals surface area contributed by atoms with Crippen molar-refractivity contribution in [2.24, 2.45) is 0 Å². The SMILES string of the molecule is CCCOC(=O)c1ccc(NC(=O)c2ccc(F)c(F)c2F)cc1. The fourth-order valence-corrected chi connectivity index (χ4v) is 1.87. The van der Waals surface area contributed by atoms with Crippen LogP contribution in [-0.2, 0) is 4.74 Å². The van der Waals surface area contributed by atoms with E-state index in [9.17, 15) is 22.8 Å². The largest absolute Gasteiger partial charge is 0.462 e. The van der Waals surface area contributed by atoms with E-state index in [0.29, 0.717) is 24.7 Å². The van der Waals surface area contributed by atoms with Crippen molar-refractivity contribution in [1.29, 1.82) is 0 Å². The van der Waals surface area contributed by atoms with Gasteiger partial charge in [0.05, 0.1) is 17.7 Å². The van der Waals surface area contributed by atoms with E-state index in [1.165, 1.54) is 24.3 Å². The number of benzene rings is 2. The Morgan fingerprint density at radius 2 is 1.67 bits per heavy atom. The average molecular weight is 337 g/mol. The van der Waals surface area contributed by atoms with Crippen molar-refractivity contribution in [2.75, 3.05) is 11.9 Å². The molecule has 0 aliphatic rings. The average Bonchev–Trinajstić information content (AvgIpc) is 2.58. The Morgan fingerprint density at radius 3 is 2.29 bits per heavy atom.